The van der Waals surface area contributed by atoms with E-state index in [0.29, 0.717) is 0 Å². The van der Waals surface area contributed by atoms with Crippen LogP contribution >= 0.6 is 0 Å². The van der Waals surface area contributed by atoms with E-state index in [0.717, 1.165) is 19.4 Å². The van der Waals surface area contributed by atoms with Crippen LogP contribution in [0.2, 0.25) is 0 Å². The zero-order chi connectivity index (χ0) is 15.1. The van der Waals surface area contributed by atoms with Crippen LogP contribution in [0.5, 0.6) is 0 Å². The number of rotatable bonds is 2. The Morgan fingerprint density at radius 1 is 0.952 bits per heavy atom. The van der Waals surface area contributed by atoms with Gasteiger partial charge in [0.25, 0.3) is 0 Å². The molecule has 3 rings (SSSR count). The van der Waals surface area contributed by atoms with Gasteiger partial charge in [-0.25, -0.2) is 0 Å². The molecule has 1 aliphatic rings. The number of anilines is 2. The van der Waals surface area contributed by atoms with E-state index in [1.54, 1.807) is 0 Å². The van der Waals surface area contributed by atoms with E-state index < -0.39 is 0 Å². The summed E-state index contributed by atoms with van der Waals surface area (Å²) in [7, 11) is 0. The van der Waals surface area contributed by atoms with Gasteiger partial charge in [-0.15, -0.1) is 0 Å². The number of allylic oxidation sites excluding steroid dienone is 1. The Balaban J connectivity index is 0.000000774. The van der Waals surface area contributed by atoms with Crippen molar-refractivity contribution in [3.63, 3.8) is 0 Å². The Bertz CT molecular complexity index is 584. The summed E-state index contributed by atoms with van der Waals surface area (Å²) in [5, 5.41) is 0. The lowest BCUT2D eigenvalue weighted by Crippen LogP contribution is -2.23. The van der Waals surface area contributed by atoms with E-state index in [4.69, 9.17) is 0 Å². The minimum Gasteiger partial charge on any atom is -0.341 e. The Kier molecular flexibility index (Phi) is 5.62. The number of fused-ring (bicyclic) bond motifs is 1. The van der Waals surface area contributed by atoms with Gasteiger partial charge in [0, 0.05) is 23.5 Å². The van der Waals surface area contributed by atoms with Gasteiger partial charge < -0.3 is 4.90 Å². The lowest BCUT2D eigenvalue weighted by Gasteiger charge is -2.32. The number of para-hydroxylation sites is 2. The monoisotopic (exact) mass is 279 g/mol. The van der Waals surface area contributed by atoms with Gasteiger partial charge in [-0.05, 0) is 36.6 Å². The Morgan fingerprint density at radius 3 is 2.33 bits per heavy atom. The average Bonchev–Trinajstić information content (AvgIpc) is 2.58. The number of hydrogen-bond acceptors (Lipinski definition) is 1. The van der Waals surface area contributed by atoms with Crippen molar-refractivity contribution in [1.82, 2.24) is 0 Å². The number of hydrogen-bond donors (Lipinski definition) is 0. The molecule has 0 amide bonds. The summed E-state index contributed by atoms with van der Waals surface area (Å²) in [6.07, 6.45) is 4.59. The molecule has 0 aliphatic carbocycles. The van der Waals surface area contributed by atoms with Gasteiger partial charge in [-0.1, -0.05) is 63.2 Å². The highest BCUT2D eigenvalue weighted by atomic mass is 15.1. The molecule has 1 aliphatic heterocycles. The first-order valence-corrected chi connectivity index (χ1v) is 8.01. The summed E-state index contributed by atoms with van der Waals surface area (Å²) >= 11 is 0. The third-order valence-corrected chi connectivity index (χ3v) is 3.66. The molecule has 0 radical (unpaired) electrons. The van der Waals surface area contributed by atoms with E-state index in [9.17, 15) is 0 Å². The van der Waals surface area contributed by atoms with Gasteiger partial charge in [0.15, 0.2) is 0 Å². The maximum absolute atomic E-state index is 2.42. The first-order valence-electron chi connectivity index (χ1n) is 8.01. The quantitative estimate of drug-likeness (QED) is 0.647. The van der Waals surface area contributed by atoms with Crippen LogP contribution in [0.25, 0.3) is 5.57 Å². The molecule has 0 unspecified atom stereocenters. The molecule has 21 heavy (non-hydrogen) atoms. The molecule has 0 bridgehead atoms. The second kappa shape index (κ2) is 7.68. The molecule has 2 aromatic carbocycles. The van der Waals surface area contributed by atoms with E-state index in [1.165, 1.54) is 22.5 Å². The van der Waals surface area contributed by atoms with Crippen molar-refractivity contribution in [3.8, 4) is 0 Å². The summed E-state index contributed by atoms with van der Waals surface area (Å²) < 4.78 is 0. The van der Waals surface area contributed by atoms with Crippen LogP contribution in [0, 0.1) is 0 Å². The molecule has 0 N–H and O–H groups in total. The van der Waals surface area contributed by atoms with Crippen molar-refractivity contribution >= 4 is 16.9 Å². The standard InChI is InChI=1S/C18H19N.C2H6/c1-2-8-15-13-14-19(16-9-4-3-5-10-16)18-12-7-6-11-17(15)18;1-2/h3-12H,2,13-14H2,1H3;1-2H3/b15-8+;. The molecular weight excluding hydrogens is 254 g/mol. The van der Waals surface area contributed by atoms with Gasteiger partial charge in [-0.2, -0.15) is 0 Å². The van der Waals surface area contributed by atoms with Crippen LogP contribution in [-0.4, -0.2) is 6.54 Å². The smallest absolute Gasteiger partial charge is 0.0487 e. The van der Waals surface area contributed by atoms with Crippen molar-refractivity contribution in [2.45, 2.75) is 33.6 Å². The minimum absolute atomic E-state index is 1.06. The maximum Gasteiger partial charge on any atom is 0.0487 e. The molecule has 0 spiro atoms. The van der Waals surface area contributed by atoms with Crippen molar-refractivity contribution in [3.05, 3.63) is 66.2 Å². The second-order valence-corrected chi connectivity index (χ2v) is 4.89. The van der Waals surface area contributed by atoms with Gasteiger partial charge in [-0.3, -0.25) is 0 Å². The number of nitrogens with zero attached hydrogens (tertiary/aromatic N) is 1. The molecule has 110 valence electrons. The average molecular weight is 279 g/mol. The summed E-state index contributed by atoms with van der Waals surface area (Å²) in [5.41, 5.74) is 5.50. The third-order valence-electron chi connectivity index (χ3n) is 3.66. The molecule has 0 saturated carbocycles. The van der Waals surface area contributed by atoms with Crippen LogP contribution in [0.4, 0.5) is 11.4 Å². The molecule has 0 saturated heterocycles. The van der Waals surface area contributed by atoms with Crippen molar-refractivity contribution in [2.24, 2.45) is 0 Å². The van der Waals surface area contributed by atoms with Gasteiger partial charge in [0.2, 0.25) is 0 Å². The number of benzene rings is 2. The first kappa shape index (κ1) is 15.4. The van der Waals surface area contributed by atoms with Crippen molar-refractivity contribution < 1.29 is 0 Å². The maximum atomic E-state index is 2.42. The van der Waals surface area contributed by atoms with E-state index in [-0.39, 0.29) is 0 Å². The minimum atomic E-state index is 1.06. The zero-order valence-corrected chi connectivity index (χ0v) is 13.3. The van der Waals surface area contributed by atoms with Crippen molar-refractivity contribution in [2.75, 3.05) is 11.4 Å². The molecule has 1 heteroatoms. The first-order chi connectivity index (χ1) is 10.4. The van der Waals surface area contributed by atoms with Gasteiger partial charge in [0.1, 0.15) is 0 Å². The van der Waals surface area contributed by atoms with Crippen molar-refractivity contribution in [1.29, 1.82) is 0 Å². The summed E-state index contributed by atoms with van der Waals surface area (Å²) in [4.78, 5) is 2.42. The predicted octanol–water partition coefficient (Wildman–Crippen LogP) is 6.05. The fraction of sp³-hybridized carbons (Fsp3) is 0.300. The Morgan fingerprint density at radius 2 is 1.62 bits per heavy atom. The lowest BCUT2D eigenvalue weighted by atomic mass is 9.94. The fourth-order valence-corrected chi connectivity index (χ4v) is 2.80. The highest BCUT2D eigenvalue weighted by Crippen LogP contribution is 2.38. The van der Waals surface area contributed by atoms with E-state index in [2.05, 4.69) is 72.5 Å². The largest absolute Gasteiger partial charge is 0.341 e. The Labute approximate surface area is 128 Å². The summed E-state index contributed by atoms with van der Waals surface area (Å²) in [6, 6.07) is 19.4. The van der Waals surface area contributed by atoms with Crippen LogP contribution in [0.1, 0.15) is 39.2 Å². The van der Waals surface area contributed by atoms with E-state index >= 15 is 0 Å². The normalized spacial score (nSPS) is 15.2. The molecule has 2 aromatic rings. The fourth-order valence-electron chi connectivity index (χ4n) is 2.80. The summed E-state index contributed by atoms with van der Waals surface area (Å²) in [5.74, 6) is 0. The summed E-state index contributed by atoms with van der Waals surface area (Å²) in [6.45, 7) is 7.27. The molecule has 1 nitrogen and oxygen atoms in total. The second-order valence-electron chi connectivity index (χ2n) is 4.89. The third kappa shape index (κ3) is 3.36. The molecule has 0 fully saturated rings. The van der Waals surface area contributed by atoms with Crippen LogP contribution < -0.4 is 4.90 Å². The zero-order valence-electron chi connectivity index (χ0n) is 13.3. The molecule has 0 atom stereocenters. The van der Waals surface area contributed by atoms with Gasteiger partial charge >= 0.3 is 0 Å². The molecule has 0 aromatic heterocycles. The highest BCUT2D eigenvalue weighted by molar-refractivity contribution is 5.83. The van der Waals surface area contributed by atoms with Crippen LogP contribution in [0.3, 0.4) is 0 Å². The SMILES string of the molecule is CC.CC/C=C1\CCN(c2ccccc2)c2ccccc21. The topological polar surface area (TPSA) is 3.24 Å². The predicted molar refractivity (Wildman–Crippen MR) is 94.1 cm³/mol. The lowest BCUT2D eigenvalue weighted by molar-refractivity contribution is 0.919. The highest BCUT2D eigenvalue weighted by Gasteiger charge is 2.20. The van der Waals surface area contributed by atoms with E-state index in [1.807, 2.05) is 13.8 Å². The van der Waals surface area contributed by atoms with Crippen LogP contribution in [0.15, 0.2) is 60.7 Å². The van der Waals surface area contributed by atoms with Crippen LogP contribution in [-0.2, 0) is 0 Å². The molecular formula is C20H25N. The van der Waals surface area contributed by atoms with Gasteiger partial charge in [0.05, 0.1) is 0 Å². The molecule has 1 heterocycles. The Hall–Kier alpha value is -2.02.